The van der Waals surface area contributed by atoms with Crippen molar-refractivity contribution in [3.8, 4) is 0 Å². The number of aliphatic carboxylic acids is 1. The molecule has 0 unspecified atom stereocenters. The van der Waals surface area contributed by atoms with E-state index in [0.29, 0.717) is 32.8 Å². The molecule has 140 valence electrons. The number of fused-ring (bicyclic) bond motifs is 3. The number of nitrogens with zero attached hydrogens (tertiary/aromatic N) is 2. The van der Waals surface area contributed by atoms with Gasteiger partial charge in [-0.15, -0.1) is 0 Å². The Labute approximate surface area is 153 Å². The quantitative estimate of drug-likeness (QED) is 0.878. The molecule has 2 atom stereocenters. The number of carboxylic acid groups (broad SMARTS) is 1. The van der Waals surface area contributed by atoms with E-state index in [2.05, 4.69) is 31.2 Å². The van der Waals surface area contributed by atoms with Crippen molar-refractivity contribution < 1.29 is 19.4 Å². The number of ether oxygens (including phenoxy) is 1. The highest BCUT2D eigenvalue weighted by Crippen LogP contribution is 2.50. The molecule has 2 saturated heterocycles. The molecule has 0 radical (unpaired) electrons. The molecule has 6 nitrogen and oxygen atoms in total. The lowest BCUT2D eigenvalue weighted by Crippen LogP contribution is -2.49. The fourth-order valence-electron chi connectivity index (χ4n) is 4.39. The summed E-state index contributed by atoms with van der Waals surface area (Å²) in [5, 5.41) is 9.20. The second-order valence-electron chi connectivity index (χ2n) is 8.04. The van der Waals surface area contributed by atoms with Crippen molar-refractivity contribution in [1.29, 1.82) is 0 Å². The van der Waals surface area contributed by atoms with Gasteiger partial charge in [0.15, 0.2) is 0 Å². The monoisotopic (exact) mass is 358 g/mol. The van der Waals surface area contributed by atoms with Crippen molar-refractivity contribution in [2.45, 2.75) is 31.2 Å². The predicted octanol–water partition coefficient (Wildman–Crippen LogP) is 1.27. The van der Waals surface area contributed by atoms with Gasteiger partial charge < -0.3 is 14.7 Å². The Hall–Kier alpha value is -1.92. The van der Waals surface area contributed by atoms with Gasteiger partial charge in [0.05, 0.1) is 31.2 Å². The third-order valence-corrected chi connectivity index (χ3v) is 5.97. The lowest BCUT2D eigenvalue weighted by atomic mass is 9.93. The summed E-state index contributed by atoms with van der Waals surface area (Å²) in [4.78, 5) is 28.6. The summed E-state index contributed by atoms with van der Waals surface area (Å²) in [6.45, 7) is 5.03. The van der Waals surface area contributed by atoms with Gasteiger partial charge >= 0.3 is 5.97 Å². The van der Waals surface area contributed by atoms with Gasteiger partial charge in [0.1, 0.15) is 0 Å². The average Bonchev–Trinajstić information content (AvgIpc) is 3.39. The first-order chi connectivity index (χ1) is 12.5. The highest BCUT2D eigenvalue weighted by Gasteiger charge is 2.54. The zero-order valence-electron chi connectivity index (χ0n) is 15.2. The Morgan fingerprint density at radius 3 is 2.54 bits per heavy atom. The van der Waals surface area contributed by atoms with Gasteiger partial charge in [0.25, 0.3) is 0 Å². The van der Waals surface area contributed by atoms with E-state index in [0.717, 1.165) is 18.4 Å². The molecule has 2 bridgehead atoms. The molecule has 0 spiro atoms. The van der Waals surface area contributed by atoms with E-state index < -0.39 is 5.97 Å². The zero-order chi connectivity index (χ0) is 18.3. The Morgan fingerprint density at radius 2 is 1.88 bits per heavy atom. The van der Waals surface area contributed by atoms with Crippen molar-refractivity contribution in [2.24, 2.45) is 5.92 Å². The largest absolute Gasteiger partial charge is 0.480 e. The third-order valence-electron chi connectivity index (χ3n) is 5.97. The van der Waals surface area contributed by atoms with Gasteiger partial charge in [-0.05, 0) is 25.3 Å². The van der Waals surface area contributed by atoms with Crippen LogP contribution in [0.5, 0.6) is 0 Å². The molecule has 3 aliphatic rings. The summed E-state index contributed by atoms with van der Waals surface area (Å²) in [7, 11) is 0. The highest BCUT2D eigenvalue weighted by atomic mass is 16.5. The number of rotatable bonds is 4. The van der Waals surface area contributed by atoms with Crippen LogP contribution in [0, 0.1) is 12.8 Å². The summed E-state index contributed by atoms with van der Waals surface area (Å²) in [5.41, 5.74) is 1.94. The number of hydrogen-bond donors (Lipinski definition) is 1. The second-order valence-corrected chi connectivity index (χ2v) is 8.04. The van der Waals surface area contributed by atoms with E-state index in [4.69, 9.17) is 4.74 Å². The van der Waals surface area contributed by atoms with E-state index in [1.165, 1.54) is 5.56 Å². The van der Waals surface area contributed by atoms with Crippen LogP contribution in [-0.2, 0) is 19.7 Å². The van der Waals surface area contributed by atoms with Gasteiger partial charge in [0.2, 0.25) is 5.91 Å². The van der Waals surface area contributed by atoms with E-state index in [1.54, 1.807) is 0 Å². The SMILES string of the molecule is Cc1ccc(C2(C(=O)N3C[C@@H]4COC[C@H](C3)N(CC(=O)O)C4)CC2)cc1. The minimum absolute atomic E-state index is 0.00959. The Morgan fingerprint density at radius 1 is 1.15 bits per heavy atom. The maximum absolute atomic E-state index is 13.4. The lowest BCUT2D eigenvalue weighted by molar-refractivity contribution is -0.139. The van der Waals surface area contributed by atoms with Crippen molar-refractivity contribution in [1.82, 2.24) is 9.80 Å². The van der Waals surface area contributed by atoms with Crippen LogP contribution in [0.1, 0.15) is 24.0 Å². The van der Waals surface area contributed by atoms with Crippen LogP contribution in [0.2, 0.25) is 0 Å². The molecule has 1 saturated carbocycles. The van der Waals surface area contributed by atoms with Gasteiger partial charge in [-0.2, -0.15) is 0 Å². The number of carbonyl (C=O) groups is 2. The lowest BCUT2D eigenvalue weighted by Gasteiger charge is -2.33. The van der Waals surface area contributed by atoms with Crippen LogP contribution in [0.25, 0.3) is 0 Å². The minimum Gasteiger partial charge on any atom is -0.480 e. The highest BCUT2D eigenvalue weighted by molar-refractivity contribution is 5.91. The van der Waals surface area contributed by atoms with E-state index >= 15 is 0 Å². The van der Waals surface area contributed by atoms with Crippen molar-refractivity contribution in [3.63, 3.8) is 0 Å². The average molecular weight is 358 g/mol. The number of amides is 1. The van der Waals surface area contributed by atoms with E-state index in [-0.39, 0.29) is 29.8 Å². The third kappa shape index (κ3) is 3.23. The summed E-state index contributed by atoms with van der Waals surface area (Å²) in [6, 6.07) is 8.26. The minimum atomic E-state index is -0.825. The molecule has 0 aromatic heterocycles. The fourth-order valence-corrected chi connectivity index (χ4v) is 4.39. The van der Waals surface area contributed by atoms with Crippen LogP contribution >= 0.6 is 0 Å². The molecule has 26 heavy (non-hydrogen) atoms. The van der Waals surface area contributed by atoms with Crippen LogP contribution < -0.4 is 0 Å². The standard InChI is InChI=1S/C20H26N2O4/c1-14-2-4-16(5-3-14)20(6-7-20)19(25)22-9-15-8-21(11-18(23)24)17(10-22)13-26-12-15/h2-5,15,17H,6-13H2,1H3,(H,23,24)/t15-,17+/m1/s1. The van der Waals surface area contributed by atoms with Crippen LogP contribution in [0.4, 0.5) is 0 Å². The summed E-state index contributed by atoms with van der Waals surface area (Å²) < 4.78 is 5.73. The second kappa shape index (κ2) is 6.67. The van der Waals surface area contributed by atoms with Crippen molar-refractivity contribution >= 4 is 11.9 Å². The van der Waals surface area contributed by atoms with Crippen molar-refractivity contribution in [2.75, 3.05) is 39.4 Å². The molecule has 4 rings (SSSR count). The number of benzene rings is 1. The number of carboxylic acids is 1. The molecule has 3 fully saturated rings. The number of hydrogen-bond acceptors (Lipinski definition) is 4. The summed E-state index contributed by atoms with van der Waals surface area (Å²) in [6.07, 6.45) is 1.80. The van der Waals surface area contributed by atoms with Crippen LogP contribution in [-0.4, -0.2) is 72.2 Å². The smallest absolute Gasteiger partial charge is 0.317 e. The molecule has 2 aliphatic heterocycles. The topological polar surface area (TPSA) is 70.1 Å². The fraction of sp³-hybridized carbons (Fsp3) is 0.600. The Balaban J connectivity index is 1.55. The van der Waals surface area contributed by atoms with Crippen LogP contribution in [0.3, 0.4) is 0 Å². The van der Waals surface area contributed by atoms with Gasteiger partial charge in [-0.25, -0.2) is 0 Å². The molecule has 6 heteroatoms. The first-order valence-electron chi connectivity index (χ1n) is 9.38. The normalized spacial score (nSPS) is 27.7. The number of aryl methyl sites for hydroxylation is 1. The number of carbonyl (C=O) groups excluding carboxylic acids is 1. The van der Waals surface area contributed by atoms with Gasteiger partial charge in [0, 0.05) is 25.6 Å². The summed E-state index contributed by atoms with van der Waals surface area (Å²) >= 11 is 0. The van der Waals surface area contributed by atoms with Crippen molar-refractivity contribution in [3.05, 3.63) is 35.4 Å². The molecular formula is C20H26N2O4. The molecule has 1 aromatic rings. The van der Waals surface area contributed by atoms with Crippen LogP contribution in [0.15, 0.2) is 24.3 Å². The predicted molar refractivity (Wildman–Crippen MR) is 96.0 cm³/mol. The molecule has 2 heterocycles. The molecule has 1 N–H and O–H groups in total. The molecular weight excluding hydrogens is 332 g/mol. The first kappa shape index (κ1) is 17.5. The Bertz CT molecular complexity index is 698. The first-order valence-corrected chi connectivity index (χ1v) is 9.38. The Kier molecular flexibility index (Phi) is 4.49. The molecule has 1 aromatic carbocycles. The van der Waals surface area contributed by atoms with E-state index in [9.17, 15) is 14.7 Å². The molecule has 1 aliphatic carbocycles. The maximum Gasteiger partial charge on any atom is 0.317 e. The van der Waals surface area contributed by atoms with Gasteiger partial charge in [-0.3, -0.25) is 14.5 Å². The summed E-state index contributed by atoms with van der Waals surface area (Å²) in [5.74, 6) is -0.455. The molecule has 1 amide bonds. The maximum atomic E-state index is 13.4. The van der Waals surface area contributed by atoms with E-state index in [1.807, 2.05) is 9.80 Å². The zero-order valence-corrected chi connectivity index (χ0v) is 15.2. The van der Waals surface area contributed by atoms with Gasteiger partial charge in [-0.1, -0.05) is 29.8 Å².